The molecule has 8 nitrogen and oxygen atoms in total. The van der Waals surface area contributed by atoms with Crippen molar-refractivity contribution in [2.75, 3.05) is 63.0 Å². The summed E-state index contributed by atoms with van der Waals surface area (Å²) in [4.78, 5) is 4.97. The zero-order valence-corrected chi connectivity index (χ0v) is 26.1. The zero-order valence-electron chi connectivity index (χ0n) is 26.1. The fourth-order valence-electron chi connectivity index (χ4n) is 6.77. The summed E-state index contributed by atoms with van der Waals surface area (Å²) in [7, 11) is 0. The molecule has 0 radical (unpaired) electrons. The normalized spacial score (nSPS) is 19.1. The second kappa shape index (κ2) is 16.4. The average molecular weight is 555 g/mol. The van der Waals surface area contributed by atoms with Crippen molar-refractivity contribution in [3.63, 3.8) is 0 Å². The molecule has 0 atom stereocenters. The summed E-state index contributed by atoms with van der Waals surface area (Å²) in [6.45, 7) is 17.8. The Bertz CT molecular complexity index is 893. The van der Waals surface area contributed by atoms with E-state index in [1.165, 1.54) is 102 Å². The van der Waals surface area contributed by atoms with E-state index in [9.17, 15) is 0 Å². The number of hydrogen-bond donors (Lipinski definition) is 2. The van der Waals surface area contributed by atoms with Gasteiger partial charge in [-0.05, 0) is 78.6 Å². The van der Waals surface area contributed by atoms with E-state index in [0.717, 1.165) is 50.9 Å². The lowest BCUT2D eigenvalue weighted by Crippen LogP contribution is -2.28. The highest BCUT2D eigenvalue weighted by Gasteiger charge is 2.19. The van der Waals surface area contributed by atoms with Gasteiger partial charge in [0.15, 0.2) is 0 Å². The first-order valence-corrected chi connectivity index (χ1v) is 16.6. The highest BCUT2D eigenvalue weighted by molar-refractivity contribution is 5.36. The maximum Gasteiger partial charge on any atom is 0.148 e. The number of rotatable bonds is 12. The van der Waals surface area contributed by atoms with E-state index in [4.69, 9.17) is 10.2 Å². The smallest absolute Gasteiger partial charge is 0.148 e. The molecule has 226 valence electrons. The lowest BCUT2D eigenvalue weighted by molar-refractivity contribution is 0.315. The molecule has 2 N–H and O–H groups in total. The first-order valence-electron chi connectivity index (χ1n) is 16.6. The van der Waals surface area contributed by atoms with Crippen LogP contribution >= 0.6 is 0 Å². The Labute approximate surface area is 244 Å². The molecule has 2 aromatic heterocycles. The van der Waals surface area contributed by atoms with E-state index in [2.05, 4.69) is 69.6 Å². The van der Waals surface area contributed by atoms with Gasteiger partial charge in [-0.15, -0.1) is 0 Å². The molecule has 0 spiro atoms. The Morgan fingerprint density at radius 1 is 0.700 bits per heavy atom. The zero-order chi connectivity index (χ0) is 28.2. The van der Waals surface area contributed by atoms with Gasteiger partial charge in [-0.3, -0.25) is 9.36 Å². The number of hydrogen-bond acceptors (Lipinski definition) is 6. The maximum absolute atomic E-state index is 4.78. The fraction of sp³-hybridized carbons (Fsp3) is 0.812. The van der Waals surface area contributed by atoms with Crippen LogP contribution in [0.4, 0.5) is 11.6 Å². The van der Waals surface area contributed by atoms with Crippen molar-refractivity contribution in [2.24, 2.45) is 0 Å². The number of anilines is 2. The summed E-state index contributed by atoms with van der Waals surface area (Å²) in [6.07, 6.45) is 16.2. The molecule has 3 aliphatic rings. The Balaban J connectivity index is 0.000000185. The topological polar surface area (TPSA) is 66.2 Å². The molecule has 1 aliphatic heterocycles. The molecule has 3 heterocycles. The minimum Gasteiger partial charge on any atom is -0.367 e. The fourth-order valence-corrected chi connectivity index (χ4v) is 6.77. The molecule has 5 rings (SSSR count). The van der Waals surface area contributed by atoms with Crippen LogP contribution < -0.4 is 10.6 Å². The number of aryl methyl sites for hydroxylation is 2. The maximum atomic E-state index is 4.78. The monoisotopic (exact) mass is 554 g/mol. The number of nitrogens with one attached hydrogen (secondary N) is 2. The molecule has 0 unspecified atom stereocenters. The molecule has 0 bridgehead atoms. The van der Waals surface area contributed by atoms with Crippen molar-refractivity contribution in [2.45, 2.75) is 117 Å². The minimum atomic E-state index is 0.627. The Kier molecular flexibility index (Phi) is 12.7. The van der Waals surface area contributed by atoms with Crippen LogP contribution in [0.2, 0.25) is 0 Å². The molecule has 40 heavy (non-hydrogen) atoms. The number of nitrogens with zero attached hydrogens (tertiary/aromatic N) is 6. The molecular formula is C32H58N8. The van der Waals surface area contributed by atoms with Crippen molar-refractivity contribution < 1.29 is 0 Å². The molecule has 0 aromatic carbocycles. The third-order valence-corrected chi connectivity index (χ3v) is 9.25. The van der Waals surface area contributed by atoms with Gasteiger partial charge in [-0.1, -0.05) is 52.4 Å². The summed E-state index contributed by atoms with van der Waals surface area (Å²) in [6, 6.07) is 5.66. The molecule has 2 saturated carbocycles. The number of likely N-dealkylation sites (tertiary alicyclic amines) is 1. The summed E-state index contributed by atoms with van der Waals surface area (Å²) < 4.78 is 4.51. The Morgan fingerprint density at radius 3 is 1.65 bits per heavy atom. The van der Waals surface area contributed by atoms with Gasteiger partial charge in [-0.2, -0.15) is 10.2 Å². The van der Waals surface area contributed by atoms with Gasteiger partial charge in [-0.25, -0.2) is 0 Å². The van der Waals surface area contributed by atoms with Gasteiger partial charge in [0.25, 0.3) is 0 Å². The largest absolute Gasteiger partial charge is 0.367 e. The van der Waals surface area contributed by atoms with Gasteiger partial charge in [0.2, 0.25) is 0 Å². The first kappa shape index (κ1) is 30.9. The van der Waals surface area contributed by atoms with Crippen molar-refractivity contribution in [1.29, 1.82) is 0 Å². The van der Waals surface area contributed by atoms with E-state index in [1.807, 2.05) is 0 Å². The van der Waals surface area contributed by atoms with Gasteiger partial charge in [0.05, 0.1) is 12.1 Å². The lowest BCUT2D eigenvalue weighted by atomic mass is 9.95. The second-order valence-corrected chi connectivity index (χ2v) is 12.2. The van der Waals surface area contributed by atoms with E-state index in [1.54, 1.807) is 0 Å². The second-order valence-electron chi connectivity index (χ2n) is 12.2. The predicted molar refractivity (Wildman–Crippen MR) is 169 cm³/mol. The lowest BCUT2D eigenvalue weighted by Gasteiger charge is -2.23. The third-order valence-electron chi connectivity index (χ3n) is 9.25. The molecule has 8 heteroatoms. The van der Waals surface area contributed by atoms with Crippen molar-refractivity contribution in [1.82, 2.24) is 29.4 Å². The van der Waals surface area contributed by atoms with Crippen molar-refractivity contribution in [3.05, 3.63) is 23.5 Å². The van der Waals surface area contributed by atoms with Crippen LogP contribution in [0.25, 0.3) is 0 Å². The highest BCUT2D eigenvalue weighted by Crippen LogP contribution is 2.30. The molecule has 3 fully saturated rings. The average Bonchev–Trinajstić information content (AvgIpc) is 3.73. The van der Waals surface area contributed by atoms with E-state index >= 15 is 0 Å². The van der Waals surface area contributed by atoms with Crippen LogP contribution in [0, 0.1) is 13.8 Å². The van der Waals surface area contributed by atoms with E-state index in [0.29, 0.717) is 12.1 Å². The molecule has 0 amide bonds. The van der Waals surface area contributed by atoms with Crippen molar-refractivity contribution in [3.8, 4) is 0 Å². The molecular weight excluding hydrogens is 496 g/mol. The molecule has 2 aromatic rings. The molecule has 1 saturated heterocycles. The number of likely N-dealkylation sites (N-methyl/N-ethyl adjacent to an activating group) is 1. The van der Waals surface area contributed by atoms with Crippen LogP contribution in [-0.2, 0) is 0 Å². The van der Waals surface area contributed by atoms with E-state index < -0.39 is 0 Å². The van der Waals surface area contributed by atoms with Gasteiger partial charge < -0.3 is 20.4 Å². The summed E-state index contributed by atoms with van der Waals surface area (Å²) in [5.41, 5.74) is 2.60. The minimum absolute atomic E-state index is 0.627. The third kappa shape index (κ3) is 9.23. The van der Waals surface area contributed by atoms with Crippen LogP contribution in [0.15, 0.2) is 12.1 Å². The van der Waals surface area contributed by atoms with Crippen LogP contribution in [0.1, 0.15) is 114 Å². The number of aromatic nitrogens is 4. The summed E-state index contributed by atoms with van der Waals surface area (Å²) in [5, 5.41) is 16.5. The quantitative estimate of drug-likeness (QED) is 0.306. The molecule has 2 aliphatic carbocycles. The SMILES string of the molecule is CCN(CC)CCNc1cc(C)n(C2CCCCC2)n1.Cc1cc(NCCN2CCCC2)nn1C1CCCCC1. The van der Waals surface area contributed by atoms with Gasteiger partial charge in [0, 0.05) is 49.7 Å². The van der Waals surface area contributed by atoms with Crippen molar-refractivity contribution >= 4 is 11.6 Å². The summed E-state index contributed by atoms with van der Waals surface area (Å²) >= 11 is 0. The van der Waals surface area contributed by atoms with Crippen LogP contribution in [0.3, 0.4) is 0 Å². The van der Waals surface area contributed by atoms with Gasteiger partial charge >= 0.3 is 0 Å². The summed E-state index contributed by atoms with van der Waals surface area (Å²) in [5.74, 6) is 2.10. The Hall–Kier alpha value is -2.06. The predicted octanol–water partition coefficient (Wildman–Crippen LogP) is 6.65. The van der Waals surface area contributed by atoms with Gasteiger partial charge in [0.1, 0.15) is 11.6 Å². The first-order chi connectivity index (χ1) is 19.6. The van der Waals surface area contributed by atoms with Crippen LogP contribution in [0.5, 0.6) is 0 Å². The van der Waals surface area contributed by atoms with Crippen LogP contribution in [-0.4, -0.2) is 81.7 Å². The van der Waals surface area contributed by atoms with E-state index in [-0.39, 0.29) is 0 Å². The Morgan fingerprint density at radius 2 is 1.18 bits per heavy atom. The highest BCUT2D eigenvalue weighted by atomic mass is 15.3. The standard InChI is InChI=1S/C16H28N4.C16H30N4/c1-14-13-16(17-9-12-19-10-5-6-11-19)18-20(14)15-7-3-2-4-8-15;1-4-19(5-2)12-11-17-16-13-14(3)20(18-16)15-9-7-6-8-10-15/h13,15H,2-12H2,1H3,(H,17,18);13,15H,4-12H2,1-3H3,(H,17,18).